The summed E-state index contributed by atoms with van der Waals surface area (Å²) < 4.78 is 3.38. The summed E-state index contributed by atoms with van der Waals surface area (Å²) in [7, 11) is 0. The Labute approximate surface area is 151 Å². The van der Waals surface area contributed by atoms with E-state index in [1.807, 2.05) is 6.92 Å². The summed E-state index contributed by atoms with van der Waals surface area (Å²) in [5, 5.41) is 11.8. The van der Waals surface area contributed by atoms with E-state index in [0.29, 0.717) is 35.2 Å². The molecule has 130 valence electrons. The van der Waals surface area contributed by atoms with E-state index in [1.165, 1.54) is 5.56 Å². The second-order valence-corrected chi connectivity index (χ2v) is 6.31. The molecule has 2 heterocycles. The van der Waals surface area contributed by atoms with Gasteiger partial charge in [0.25, 0.3) is 5.91 Å². The molecular formula is C18H20ClN5O. The first-order chi connectivity index (χ1) is 12.0. The number of halogens is 1. The molecule has 25 heavy (non-hydrogen) atoms. The van der Waals surface area contributed by atoms with E-state index in [0.717, 1.165) is 5.56 Å². The van der Waals surface area contributed by atoms with Crippen molar-refractivity contribution in [2.45, 2.75) is 33.9 Å². The average molecular weight is 358 g/mol. The number of aryl methyl sites for hydroxylation is 3. The number of hydrogen-bond donors (Lipinski definition) is 1. The molecule has 1 aromatic carbocycles. The minimum atomic E-state index is -0.290. The lowest BCUT2D eigenvalue weighted by Crippen LogP contribution is -2.17. The lowest BCUT2D eigenvalue weighted by molar-refractivity contribution is 0.101. The molecule has 6 nitrogen and oxygen atoms in total. The number of benzene rings is 1. The number of amides is 1. The Bertz CT molecular complexity index is 895. The van der Waals surface area contributed by atoms with Crippen LogP contribution in [0.1, 0.15) is 34.2 Å². The van der Waals surface area contributed by atoms with Crippen LogP contribution in [-0.4, -0.2) is 25.5 Å². The van der Waals surface area contributed by atoms with Gasteiger partial charge in [0, 0.05) is 12.7 Å². The third-order valence-corrected chi connectivity index (χ3v) is 4.38. The van der Waals surface area contributed by atoms with Gasteiger partial charge in [-0.1, -0.05) is 41.4 Å². The molecule has 0 fully saturated rings. The standard InChI is InChI=1S/C18H20ClN5O/c1-4-24-17(16(19)13(3)22-24)18(25)21-15-9-20-23(11-15)10-14-7-5-12(2)6-8-14/h5-9,11H,4,10H2,1-3H3,(H,21,25). The fourth-order valence-corrected chi connectivity index (χ4v) is 2.81. The monoisotopic (exact) mass is 357 g/mol. The molecule has 0 spiro atoms. The zero-order valence-corrected chi connectivity index (χ0v) is 15.2. The molecule has 0 saturated heterocycles. The van der Waals surface area contributed by atoms with Crippen LogP contribution in [0.25, 0.3) is 0 Å². The third-order valence-electron chi connectivity index (χ3n) is 3.93. The number of nitrogens with one attached hydrogen (secondary N) is 1. The first-order valence-electron chi connectivity index (χ1n) is 8.10. The van der Waals surface area contributed by atoms with Gasteiger partial charge < -0.3 is 5.32 Å². The van der Waals surface area contributed by atoms with E-state index >= 15 is 0 Å². The van der Waals surface area contributed by atoms with Crippen molar-refractivity contribution in [2.24, 2.45) is 0 Å². The van der Waals surface area contributed by atoms with Gasteiger partial charge in [-0.05, 0) is 26.3 Å². The van der Waals surface area contributed by atoms with Crippen molar-refractivity contribution in [1.29, 1.82) is 0 Å². The van der Waals surface area contributed by atoms with Crippen molar-refractivity contribution < 1.29 is 4.79 Å². The molecule has 3 aromatic rings. The van der Waals surface area contributed by atoms with Gasteiger partial charge >= 0.3 is 0 Å². The molecular weight excluding hydrogens is 338 g/mol. The molecule has 1 amide bonds. The normalized spacial score (nSPS) is 10.9. The second kappa shape index (κ2) is 7.11. The number of hydrogen-bond acceptors (Lipinski definition) is 3. The molecule has 3 rings (SSSR count). The second-order valence-electron chi connectivity index (χ2n) is 5.93. The minimum Gasteiger partial charge on any atom is -0.318 e. The van der Waals surface area contributed by atoms with Crippen LogP contribution >= 0.6 is 11.6 Å². The maximum Gasteiger partial charge on any atom is 0.275 e. The maximum absolute atomic E-state index is 12.5. The van der Waals surface area contributed by atoms with Crippen LogP contribution in [0.15, 0.2) is 36.7 Å². The highest BCUT2D eigenvalue weighted by Crippen LogP contribution is 2.21. The van der Waals surface area contributed by atoms with Gasteiger partial charge in [-0.2, -0.15) is 10.2 Å². The number of rotatable bonds is 5. The molecule has 0 bridgehead atoms. The molecule has 0 saturated carbocycles. The van der Waals surface area contributed by atoms with Gasteiger partial charge in [0.2, 0.25) is 0 Å². The van der Waals surface area contributed by atoms with Crippen molar-refractivity contribution in [3.05, 3.63) is 64.2 Å². The average Bonchev–Trinajstić information content (AvgIpc) is 3.14. The smallest absolute Gasteiger partial charge is 0.275 e. The Kier molecular flexibility index (Phi) is 4.90. The number of nitrogens with zero attached hydrogens (tertiary/aromatic N) is 4. The first kappa shape index (κ1) is 17.2. The van der Waals surface area contributed by atoms with E-state index in [4.69, 9.17) is 11.6 Å². The zero-order valence-electron chi connectivity index (χ0n) is 14.5. The van der Waals surface area contributed by atoms with Crippen molar-refractivity contribution in [2.75, 3.05) is 5.32 Å². The van der Waals surface area contributed by atoms with Crippen LogP contribution in [0.2, 0.25) is 5.02 Å². The van der Waals surface area contributed by atoms with Crippen molar-refractivity contribution in [1.82, 2.24) is 19.6 Å². The minimum absolute atomic E-state index is 0.290. The van der Waals surface area contributed by atoms with Gasteiger partial charge in [-0.25, -0.2) is 0 Å². The predicted molar refractivity (Wildman–Crippen MR) is 98.1 cm³/mol. The number of carbonyl (C=O) groups excluding carboxylic acids is 1. The topological polar surface area (TPSA) is 64.7 Å². The highest BCUT2D eigenvalue weighted by Gasteiger charge is 2.20. The van der Waals surface area contributed by atoms with E-state index in [2.05, 4.69) is 46.7 Å². The van der Waals surface area contributed by atoms with Gasteiger partial charge in [0.1, 0.15) is 5.69 Å². The molecule has 0 atom stereocenters. The number of aromatic nitrogens is 4. The largest absolute Gasteiger partial charge is 0.318 e. The predicted octanol–water partition coefficient (Wildman–Crippen LogP) is 3.67. The van der Waals surface area contributed by atoms with Crippen LogP contribution in [0.3, 0.4) is 0 Å². The summed E-state index contributed by atoms with van der Waals surface area (Å²) in [6.07, 6.45) is 3.42. The van der Waals surface area contributed by atoms with Crippen molar-refractivity contribution in [3.63, 3.8) is 0 Å². The lowest BCUT2D eigenvalue weighted by Gasteiger charge is -2.05. The molecule has 0 aliphatic heterocycles. The summed E-state index contributed by atoms with van der Waals surface area (Å²) >= 11 is 6.21. The Balaban J connectivity index is 1.73. The zero-order chi connectivity index (χ0) is 18.0. The molecule has 0 aliphatic rings. The van der Waals surface area contributed by atoms with Crippen LogP contribution in [0.5, 0.6) is 0 Å². The molecule has 0 radical (unpaired) electrons. The van der Waals surface area contributed by atoms with Gasteiger partial charge in [-0.15, -0.1) is 0 Å². The SMILES string of the molecule is CCn1nc(C)c(Cl)c1C(=O)Nc1cnn(Cc2ccc(C)cc2)c1. The van der Waals surface area contributed by atoms with Crippen LogP contribution < -0.4 is 5.32 Å². The first-order valence-corrected chi connectivity index (χ1v) is 8.48. The summed E-state index contributed by atoms with van der Waals surface area (Å²) in [4.78, 5) is 12.5. The van der Waals surface area contributed by atoms with Crippen LogP contribution in [0, 0.1) is 13.8 Å². The van der Waals surface area contributed by atoms with Crippen LogP contribution in [0.4, 0.5) is 5.69 Å². The molecule has 7 heteroatoms. The highest BCUT2D eigenvalue weighted by atomic mass is 35.5. The van der Waals surface area contributed by atoms with Crippen LogP contribution in [-0.2, 0) is 13.1 Å². The maximum atomic E-state index is 12.5. The molecule has 0 unspecified atom stereocenters. The van der Waals surface area contributed by atoms with Gasteiger partial charge in [0.05, 0.1) is 29.1 Å². The highest BCUT2D eigenvalue weighted by molar-refractivity contribution is 6.34. The Morgan fingerprint density at radius 2 is 1.96 bits per heavy atom. The molecule has 2 aromatic heterocycles. The summed E-state index contributed by atoms with van der Waals surface area (Å²) in [6, 6.07) is 8.27. The number of carbonyl (C=O) groups is 1. The molecule has 1 N–H and O–H groups in total. The van der Waals surface area contributed by atoms with Crippen molar-refractivity contribution >= 4 is 23.2 Å². The molecule has 0 aliphatic carbocycles. The lowest BCUT2D eigenvalue weighted by atomic mass is 10.1. The van der Waals surface area contributed by atoms with Gasteiger partial charge in [0.15, 0.2) is 0 Å². The number of anilines is 1. The Hall–Kier alpha value is -2.60. The fourth-order valence-electron chi connectivity index (χ4n) is 2.59. The quantitative estimate of drug-likeness (QED) is 0.757. The Morgan fingerprint density at radius 1 is 1.24 bits per heavy atom. The summed E-state index contributed by atoms with van der Waals surface area (Å²) in [5.74, 6) is -0.290. The Morgan fingerprint density at radius 3 is 2.64 bits per heavy atom. The van der Waals surface area contributed by atoms with Crippen molar-refractivity contribution in [3.8, 4) is 0 Å². The van der Waals surface area contributed by atoms with E-state index in [1.54, 1.807) is 28.7 Å². The van der Waals surface area contributed by atoms with E-state index < -0.39 is 0 Å². The van der Waals surface area contributed by atoms with E-state index in [-0.39, 0.29) is 5.91 Å². The van der Waals surface area contributed by atoms with E-state index in [9.17, 15) is 4.79 Å². The summed E-state index contributed by atoms with van der Waals surface area (Å²) in [5.41, 5.74) is 4.00. The fraction of sp³-hybridized carbons (Fsp3) is 0.278. The van der Waals surface area contributed by atoms with Gasteiger partial charge in [-0.3, -0.25) is 14.2 Å². The summed E-state index contributed by atoms with van der Waals surface area (Å²) in [6.45, 7) is 6.97. The third kappa shape index (κ3) is 3.74.